The van der Waals surface area contributed by atoms with Gasteiger partial charge in [-0.2, -0.15) is 0 Å². The van der Waals surface area contributed by atoms with E-state index in [1.54, 1.807) is 0 Å². The summed E-state index contributed by atoms with van der Waals surface area (Å²) >= 11 is 0. The van der Waals surface area contributed by atoms with Crippen molar-refractivity contribution in [3.05, 3.63) is 210 Å². The van der Waals surface area contributed by atoms with Crippen LogP contribution in [0.2, 0.25) is 0 Å². The zero-order valence-electron chi connectivity index (χ0n) is 29.3. The van der Waals surface area contributed by atoms with Gasteiger partial charge >= 0.3 is 0 Å². The zero-order valence-corrected chi connectivity index (χ0v) is 29.3. The monoisotopic (exact) mass is 691 g/mol. The highest BCUT2D eigenvalue weighted by atomic mass is 16.3. The summed E-state index contributed by atoms with van der Waals surface area (Å²) in [6, 6.07) is 66.7. The van der Waals surface area contributed by atoms with Crippen LogP contribution in [0.15, 0.2) is 192 Å². The van der Waals surface area contributed by atoms with Crippen molar-refractivity contribution in [1.29, 1.82) is 0 Å². The molecule has 254 valence electrons. The Kier molecular flexibility index (Phi) is 6.58. The number of imidazole rings is 1. The van der Waals surface area contributed by atoms with Crippen molar-refractivity contribution >= 4 is 38.7 Å². The first-order valence-electron chi connectivity index (χ1n) is 18.3. The third-order valence-corrected chi connectivity index (χ3v) is 11.2. The van der Waals surface area contributed by atoms with Gasteiger partial charge in [0.15, 0.2) is 0 Å². The van der Waals surface area contributed by atoms with Gasteiger partial charge in [-0.25, -0.2) is 4.98 Å². The third kappa shape index (κ3) is 4.28. The Morgan fingerprint density at radius 3 is 2.00 bits per heavy atom. The molecule has 2 N–H and O–H groups in total. The van der Waals surface area contributed by atoms with Crippen molar-refractivity contribution in [1.82, 2.24) is 9.55 Å². The van der Waals surface area contributed by atoms with Crippen molar-refractivity contribution in [2.45, 2.75) is 5.41 Å². The molecule has 10 aromatic rings. The number of furan rings is 1. The topological polar surface area (TPSA) is 57.0 Å². The van der Waals surface area contributed by atoms with Gasteiger partial charge in [0.1, 0.15) is 17.0 Å². The van der Waals surface area contributed by atoms with Gasteiger partial charge < -0.3 is 10.2 Å². The van der Waals surface area contributed by atoms with E-state index in [9.17, 15) is 0 Å². The maximum atomic E-state index is 6.78. The minimum absolute atomic E-state index is 0.625. The third-order valence-electron chi connectivity index (χ3n) is 11.2. The number of rotatable bonds is 5. The zero-order chi connectivity index (χ0) is 35.8. The second-order valence-corrected chi connectivity index (χ2v) is 14.1. The Balaban J connectivity index is 1.22. The summed E-state index contributed by atoms with van der Waals surface area (Å²) in [6.45, 7) is 0. The van der Waals surface area contributed by atoms with Crippen molar-refractivity contribution in [2.75, 3.05) is 5.73 Å². The molecule has 2 heterocycles. The second-order valence-electron chi connectivity index (χ2n) is 14.1. The summed E-state index contributed by atoms with van der Waals surface area (Å²) in [4.78, 5) is 5.19. The largest absolute Gasteiger partial charge is 0.455 e. The predicted molar refractivity (Wildman–Crippen MR) is 221 cm³/mol. The fraction of sp³-hybridized carbons (Fsp3) is 0.0200. The summed E-state index contributed by atoms with van der Waals surface area (Å²) in [5.41, 5.74) is 21.6. The van der Waals surface area contributed by atoms with Crippen LogP contribution in [0.1, 0.15) is 22.3 Å². The highest BCUT2D eigenvalue weighted by Gasteiger charge is 2.47. The first kappa shape index (κ1) is 30.5. The SMILES string of the molecule is Nc1ccc(-c2cc3c(c4c2oc2ccccc24)-c2ccccc2C3(c2ccccc2)c2ccc(-c3nc4ccccc4n3-c3ccccc3)cc2)cc1. The molecule has 1 atom stereocenters. The van der Waals surface area contributed by atoms with E-state index in [2.05, 4.69) is 174 Å². The first-order chi connectivity index (χ1) is 26.7. The van der Waals surface area contributed by atoms with E-state index in [4.69, 9.17) is 15.1 Å². The number of fused-ring (bicyclic) bond motifs is 8. The minimum atomic E-state index is -0.625. The number of hydrogen-bond acceptors (Lipinski definition) is 3. The fourth-order valence-electron chi connectivity index (χ4n) is 8.93. The molecule has 0 amide bonds. The lowest BCUT2D eigenvalue weighted by molar-refractivity contribution is 0.669. The van der Waals surface area contributed by atoms with E-state index < -0.39 is 5.41 Å². The summed E-state index contributed by atoms with van der Waals surface area (Å²) < 4.78 is 9.05. The number of benzene rings is 8. The van der Waals surface area contributed by atoms with E-state index in [1.165, 1.54) is 33.4 Å². The van der Waals surface area contributed by atoms with Crippen LogP contribution in [-0.4, -0.2) is 9.55 Å². The molecule has 0 fully saturated rings. The van der Waals surface area contributed by atoms with E-state index in [1.807, 2.05) is 18.2 Å². The van der Waals surface area contributed by atoms with Gasteiger partial charge in [-0.05, 0) is 87.5 Å². The molecule has 11 rings (SSSR count). The van der Waals surface area contributed by atoms with E-state index in [0.717, 1.165) is 66.9 Å². The number of hydrogen-bond donors (Lipinski definition) is 1. The number of nitrogen functional groups attached to an aromatic ring is 1. The van der Waals surface area contributed by atoms with Crippen molar-refractivity contribution in [3.8, 4) is 39.3 Å². The van der Waals surface area contributed by atoms with Gasteiger partial charge in [-0.15, -0.1) is 0 Å². The van der Waals surface area contributed by atoms with Crippen LogP contribution in [0.5, 0.6) is 0 Å². The molecule has 0 bridgehead atoms. The number of nitrogens with zero attached hydrogens (tertiary/aromatic N) is 2. The standard InChI is InChI=1S/C50H33N3O/c51-36-29-25-32(26-30-36)40-31-42-46(47-39-18-8-12-22-45(39)54-48(40)47)38-17-7-9-19-41(38)50(42,34-13-3-1-4-14-34)35-27-23-33(24-28-35)49-52-43-20-10-11-21-44(43)53(49)37-15-5-2-6-16-37/h1-31H,51H2. The van der Waals surface area contributed by atoms with Gasteiger partial charge in [0, 0.05) is 33.3 Å². The Morgan fingerprint density at radius 2 is 1.19 bits per heavy atom. The number of anilines is 1. The maximum Gasteiger partial charge on any atom is 0.145 e. The molecular formula is C50H33N3O. The highest BCUT2D eigenvalue weighted by Crippen LogP contribution is 2.60. The van der Waals surface area contributed by atoms with E-state index in [0.29, 0.717) is 0 Å². The Morgan fingerprint density at radius 1 is 0.537 bits per heavy atom. The van der Waals surface area contributed by atoms with Gasteiger partial charge in [0.05, 0.1) is 16.4 Å². The maximum absolute atomic E-state index is 6.78. The smallest absolute Gasteiger partial charge is 0.145 e. The molecule has 0 saturated heterocycles. The average molecular weight is 692 g/mol. The van der Waals surface area contributed by atoms with Crippen molar-refractivity contribution in [2.24, 2.45) is 0 Å². The normalized spacial score (nSPS) is 14.8. The lowest BCUT2D eigenvalue weighted by Gasteiger charge is -2.34. The molecule has 0 saturated carbocycles. The lowest BCUT2D eigenvalue weighted by Crippen LogP contribution is -2.28. The summed E-state index contributed by atoms with van der Waals surface area (Å²) in [6.07, 6.45) is 0. The van der Waals surface area contributed by atoms with Crippen LogP contribution in [0.4, 0.5) is 5.69 Å². The number of aromatic nitrogens is 2. The first-order valence-corrected chi connectivity index (χ1v) is 18.3. The van der Waals surface area contributed by atoms with E-state index >= 15 is 0 Å². The van der Waals surface area contributed by atoms with Crippen LogP contribution in [-0.2, 0) is 5.41 Å². The lowest BCUT2D eigenvalue weighted by atomic mass is 9.67. The molecule has 1 aliphatic carbocycles. The average Bonchev–Trinajstić information content (AvgIpc) is 3.90. The minimum Gasteiger partial charge on any atom is -0.455 e. The molecular weight excluding hydrogens is 659 g/mol. The van der Waals surface area contributed by atoms with Crippen LogP contribution < -0.4 is 5.73 Å². The summed E-state index contributed by atoms with van der Waals surface area (Å²) in [7, 11) is 0. The molecule has 2 aromatic heterocycles. The molecule has 4 heteroatoms. The molecule has 0 spiro atoms. The quantitative estimate of drug-likeness (QED) is 0.183. The molecule has 54 heavy (non-hydrogen) atoms. The number of nitrogens with two attached hydrogens (primary N) is 1. The molecule has 1 aliphatic rings. The van der Waals surface area contributed by atoms with Crippen LogP contribution in [0.3, 0.4) is 0 Å². The van der Waals surface area contributed by atoms with Crippen LogP contribution >= 0.6 is 0 Å². The molecule has 0 aliphatic heterocycles. The molecule has 1 unspecified atom stereocenters. The Hall–Kier alpha value is -7.17. The molecule has 0 radical (unpaired) electrons. The van der Waals surface area contributed by atoms with Crippen LogP contribution in [0, 0.1) is 0 Å². The Bertz CT molecular complexity index is 3030. The second kappa shape index (κ2) is 11.7. The summed E-state index contributed by atoms with van der Waals surface area (Å²) in [5.74, 6) is 0.909. The highest BCUT2D eigenvalue weighted by molar-refractivity contribution is 6.19. The van der Waals surface area contributed by atoms with Crippen LogP contribution in [0.25, 0.3) is 72.3 Å². The van der Waals surface area contributed by atoms with Gasteiger partial charge in [-0.3, -0.25) is 4.57 Å². The van der Waals surface area contributed by atoms with Crippen molar-refractivity contribution < 1.29 is 4.42 Å². The van der Waals surface area contributed by atoms with Gasteiger partial charge in [-0.1, -0.05) is 140 Å². The molecule has 4 nitrogen and oxygen atoms in total. The van der Waals surface area contributed by atoms with Crippen molar-refractivity contribution in [3.63, 3.8) is 0 Å². The van der Waals surface area contributed by atoms with Gasteiger partial charge in [0.2, 0.25) is 0 Å². The fourth-order valence-corrected chi connectivity index (χ4v) is 8.93. The predicted octanol–water partition coefficient (Wildman–Crippen LogP) is 12.2. The molecule has 8 aromatic carbocycles. The summed E-state index contributed by atoms with van der Waals surface area (Å²) in [5, 5.41) is 2.24. The Labute approximate surface area is 312 Å². The van der Waals surface area contributed by atoms with Gasteiger partial charge in [0.25, 0.3) is 0 Å². The number of para-hydroxylation sites is 4. The van der Waals surface area contributed by atoms with E-state index in [-0.39, 0.29) is 0 Å².